The summed E-state index contributed by atoms with van der Waals surface area (Å²) < 4.78 is 17.4. The van der Waals surface area contributed by atoms with Crippen molar-refractivity contribution in [2.24, 2.45) is 46.3 Å². The van der Waals surface area contributed by atoms with Crippen molar-refractivity contribution in [3.05, 3.63) is 51.4 Å². The van der Waals surface area contributed by atoms with E-state index in [1.807, 2.05) is 12.1 Å². The topological polar surface area (TPSA) is 65.7 Å². The Labute approximate surface area is 275 Å². The lowest BCUT2D eigenvalue weighted by Gasteiger charge is -2.58. The van der Waals surface area contributed by atoms with E-state index in [0.717, 1.165) is 90.5 Å². The number of fused-ring (bicyclic) bond motifs is 8. The minimum absolute atomic E-state index is 0.0828. The average Bonchev–Trinajstić information content (AvgIpc) is 3.65. The third-order valence-corrected chi connectivity index (χ3v) is 13.9. The van der Waals surface area contributed by atoms with E-state index in [-0.39, 0.29) is 29.7 Å². The van der Waals surface area contributed by atoms with Crippen LogP contribution in [0.15, 0.2) is 39.1 Å². The summed E-state index contributed by atoms with van der Waals surface area (Å²) in [5, 5.41) is 0.970. The molecule has 7 rings (SSSR count). The summed E-state index contributed by atoms with van der Waals surface area (Å²) in [6, 6.07) is 5.54. The van der Waals surface area contributed by atoms with E-state index < -0.39 is 0 Å². The van der Waals surface area contributed by atoms with Gasteiger partial charge < -0.3 is 13.9 Å². The number of carbonyl (C=O) groups excluding carboxylic acids is 1. The normalized spacial score (nSPS) is 34.0. The molecule has 3 fully saturated rings. The average molecular weight is 629 g/mol. The lowest BCUT2D eigenvalue weighted by atomic mass is 9.47. The summed E-state index contributed by atoms with van der Waals surface area (Å²) in [4.78, 5) is 25.3. The first-order valence-corrected chi connectivity index (χ1v) is 18.7. The number of rotatable bonds is 9. The Kier molecular flexibility index (Phi) is 8.68. The Morgan fingerprint density at radius 3 is 2.65 bits per heavy atom. The van der Waals surface area contributed by atoms with Gasteiger partial charge in [-0.2, -0.15) is 0 Å². The summed E-state index contributed by atoms with van der Waals surface area (Å²) in [6.45, 7) is 12.3. The lowest BCUT2D eigenvalue weighted by Crippen LogP contribution is -2.51. The van der Waals surface area contributed by atoms with E-state index in [0.29, 0.717) is 16.7 Å². The highest BCUT2D eigenvalue weighted by Crippen LogP contribution is 2.67. The number of carbonyl (C=O) groups is 1. The van der Waals surface area contributed by atoms with Crippen LogP contribution in [0.25, 0.3) is 11.0 Å². The molecule has 0 spiro atoms. The minimum atomic E-state index is -0.327. The third kappa shape index (κ3) is 5.66. The summed E-state index contributed by atoms with van der Waals surface area (Å²) in [5.41, 5.74) is 4.46. The van der Waals surface area contributed by atoms with E-state index in [4.69, 9.17) is 13.9 Å². The minimum Gasteiger partial charge on any atom is -0.482 e. The first-order valence-electron chi connectivity index (χ1n) is 18.7. The van der Waals surface area contributed by atoms with E-state index in [2.05, 4.69) is 40.7 Å². The molecule has 5 aliphatic carbocycles. The molecule has 0 unspecified atom stereocenters. The molecule has 1 aromatic heterocycles. The Morgan fingerprint density at radius 2 is 1.83 bits per heavy atom. The fourth-order valence-corrected chi connectivity index (χ4v) is 11.5. The Balaban J connectivity index is 0.954. The highest BCUT2D eigenvalue weighted by Gasteiger charge is 2.59. The van der Waals surface area contributed by atoms with Gasteiger partial charge in [0, 0.05) is 23.4 Å². The van der Waals surface area contributed by atoms with Crippen molar-refractivity contribution < 1.29 is 18.7 Å². The predicted molar refractivity (Wildman–Crippen MR) is 183 cm³/mol. The lowest BCUT2D eigenvalue weighted by molar-refractivity contribution is -0.153. The number of ether oxygens (including phenoxy) is 2. The van der Waals surface area contributed by atoms with Crippen LogP contribution in [0.4, 0.5) is 0 Å². The van der Waals surface area contributed by atoms with Gasteiger partial charge in [0.1, 0.15) is 17.4 Å². The van der Waals surface area contributed by atoms with Gasteiger partial charge in [-0.3, -0.25) is 0 Å². The molecule has 0 N–H and O–H groups in total. The standard InChI is InChI=1S/C41H56O5/c1-25(2)8-6-9-26(3)34-16-17-35-33-14-12-27-22-29(18-20-40(27,4)36(33)19-21-41(34,35)5)45-38(42)24-44-28-13-15-31-30-10-7-11-32(30)39(43)46-37(31)23-28/h12-13,15,23,25-26,29,33-36H,6-11,14,16-22,24H2,1-5H3/t26-,29+,33+,34-,35-,36+,40+,41-/m1/s1. The maximum atomic E-state index is 12.9. The zero-order chi connectivity index (χ0) is 32.2. The molecule has 0 aliphatic heterocycles. The highest BCUT2D eigenvalue weighted by atomic mass is 16.6. The van der Waals surface area contributed by atoms with Crippen LogP contribution in [-0.2, 0) is 22.4 Å². The maximum Gasteiger partial charge on any atom is 0.344 e. The van der Waals surface area contributed by atoms with Crippen LogP contribution in [0.5, 0.6) is 5.75 Å². The van der Waals surface area contributed by atoms with Gasteiger partial charge in [-0.1, -0.05) is 65.5 Å². The molecule has 0 bridgehead atoms. The number of allylic oxidation sites excluding steroid dienone is 1. The molecule has 2 aromatic rings. The van der Waals surface area contributed by atoms with Crippen molar-refractivity contribution in [3.63, 3.8) is 0 Å². The molecule has 250 valence electrons. The Morgan fingerprint density at radius 1 is 1.00 bits per heavy atom. The number of aryl methyl sites for hydroxylation is 1. The van der Waals surface area contributed by atoms with Crippen LogP contribution in [0.3, 0.4) is 0 Å². The van der Waals surface area contributed by atoms with Crippen molar-refractivity contribution in [1.29, 1.82) is 0 Å². The second-order valence-electron chi connectivity index (χ2n) is 16.8. The fraction of sp³-hybridized carbons (Fsp3) is 0.707. The van der Waals surface area contributed by atoms with E-state index in [1.165, 1.54) is 56.9 Å². The molecular weight excluding hydrogens is 572 g/mol. The summed E-state index contributed by atoms with van der Waals surface area (Å²) in [5.74, 6) is 5.15. The Bertz CT molecular complexity index is 1550. The van der Waals surface area contributed by atoms with Gasteiger partial charge in [0.05, 0.1) is 0 Å². The van der Waals surface area contributed by atoms with Crippen LogP contribution in [0.2, 0.25) is 0 Å². The Hall–Kier alpha value is -2.56. The van der Waals surface area contributed by atoms with E-state index in [9.17, 15) is 9.59 Å². The maximum absolute atomic E-state index is 12.9. The van der Waals surface area contributed by atoms with Crippen molar-refractivity contribution in [3.8, 4) is 5.75 Å². The van der Waals surface area contributed by atoms with Crippen molar-refractivity contribution in [1.82, 2.24) is 0 Å². The van der Waals surface area contributed by atoms with Gasteiger partial charge in [-0.15, -0.1) is 0 Å². The zero-order valence-electron chi connectivity index (χ0n) is 29.0. The van der Waals surface area contributed by atoms with Gasteiger partial charge in [0.15, 0.2) is 6.61 Å². The highest BCUT2D eigenvalue weighted by molar-refractivity contribution is 5.83. The van der Waals surface area contributed by atoms with Crippen LogP contribution in [0.1, 0.15) is 123 Å². The predicted octanol–water partition coefficient (Wildman–Crippen LogP) is 9.61. The van der Waals surface area contributed by atoms with Crippen LogP contribution < -0.4 is 10.4 Å². The molecule has 1 heterocycles. The SMILES string of the molecule is CC(C)CCC[C@@H](C)[C@H]1CC[C@@H]2[C@@H]3CC=C4C[C@@H](OC(=O)COc5ccc6c7c(c(=O)oc6c5)CCC7)CC[C@]4(C)[C@H]3CC[C@@]21C. The third-order valence-electron chi connectivity index (χ3n) is 13.9. The van der Waals surface area contributed by atoms with Crippen molar-refractivity contribution >= 4 is 16.9 Å². The molecule has 46 heavy (non-hydrogen) atoms. The molecule has 0 saturated heterocycles. The quantitative estimate of drug-likeness (QED) is 0.157. The number of benzene rings is 1. The molecule has 5 aliphatic rings. The largest absolute Gasteiger partial charge is 0.482 e. The first kappa shape index (κ1) is 32.0. The summed E-state index contributed by atoms with van der Waals surface area (Å²) in [7, 11) is 0. The monoisotopic (exact) mass is 628 g/mol. The molecule has 5 heteroatoms. The molecule has 3 saturated carbocycles. The molecule has 8 atom stereocenters. The number of esters is 1. The second-order valence-corrected chi connectivity index (χ2v) is 16.8. The van der Waals surface area contributed by atoms with Gasteiger partial charge in [0.2, 0.25) is 0 Å². The molecular formula is C41H56O5. The summed E-state index contributed by atoms with van der Waals surface area (Å²) >= 11 is 0. The smallest absolute Gasteiger partial charge is 0.344 e. The fourth-order valence-electron chi connectivity index (χ4n) is 11.5. The molecule has 5 nitrogen and oxygen atoms in total. The van der Waals surface area contributed by atoms with Gasteiger partial charge in [-0.25, -0.2) is 9.59 Å². The zero-order valence-corrected chi connectivity index (χ0v) is 29.0. The molecule has 0 radical (unpaired) electrons. The van der Waals surface area contributed by atoms with Crippen LogP contribution in [-0.4, -0.2) is 18.7 Å². The van der Waals surface area contributed by atoms with E-state index >= 15 is 0 Å². The molecule has 1 aromatic carbocycles. The van der Waals surface area contributed by atoms with Gasteiger partial charge >= 0.3 is 11.6 Å². The second kappa shape index (κ2) is 12.5. The summed E-state index contributed by atoms with van der Waals surface area (Å²) in [6.07, 6.45) is 19.0. The van der Waals surface area contributed by atoms with Crippen molar-refractivity contribution in [2.75, 3.05) is 6.61 Å². The van der Waals surface area contributed by atoms with Gasteiger partial charge in [0.25, 0.3) is 0 Å². The number of hydrogen-bond donors (Lipinski definition) is 0. The van der Waals surface area contributed by atoms with Crippen LogP contribution >= 0.6 is 0 Å². The number of hydrogen-bond acceptors (Lipinski definition) is 5. The van der Waals surface area contributed by atoms with Gasteiger partial charge in [-0.05, 0) is 128 Å². The van der Waals surface area contributed by atoms with Crippen molar-refractivity contribution in [2.45, 2.75) is 131 Å². The molecule has 0 amide bonds. The van der Waals surface area contributed by atoms with Crippen LogP contribution in [0, 0.1) is 46.3 Å². The first-order chi connectivity index (χ1) is 22.1. The van der Waals surface area contributed by atoms with E-state index in [1.54, 1.807) is 6.07 Å².